The molecule has 0 bridgehead atoms. The molecule has 2 heteroatoms. The van der Waals surface area contributed by atoms with E-state index in [9.17, 15) is 0 Å². The molecule has 0 atom stereocenters. The third-order valence-electron chi connectivity index (χ3n) is 2.76. The molecule has 1 aliphatic heterocycles. The van der Waals surface area contributed by atoms with Crippen molar-refractivity contribution in [2.45, 2.75) is 13.8 Å². The van der Waals surface area contributed by atoms with Gasteiger partial charge in [0.2, 0.25) is 0 Å². The van der Waals surface area contributed by atoms with E-state index in [1.807, 2.05) is 0 Å². The predicted octanol–water partition coefficient (Wildman–Crippen LogP) is 0.873. The van der Waals surface area contributed by atoms with E-state index >= 15 is 0 Å². The lowest BCUT2D eigenvalue weighted by Crippen LogP contribution is -2.54. The molecule has 0 aromatic rings. The second-order valence-electron chi connectivity index (χ2n) is 3.03. The highest BCUT2D eigenvalue weighted by Crippen LogP contribution is 2.09. The molecule has 10 heavy (non-hydrogen) atoms. The molecule has 0 amide bonds. The van der Waals surface area contributed by atoms with Gasteiger partial charge in [0.1, 0.15) is 13.1 Å². The van der Waals surface area contributed by atoms with Gasteiger partial charge in [-0.05, 0) is 13.8 Å². The summed E-state index contributed by atoms with van der Waals surface area (Å²) >= 11 is 0. The van der Waals surface area contributed by atoms with Crippen LogP contribution in [0.4, 0.5) is 0 Å². The van der Waals surface area contributed by atoms with Crippen molar-refractivity contribution in [1.29, 1.82) is 0 Å². The van der Waals surface area contributed by atoms with Crippen molar-refractivity contribution in [3.05, 3.63) is 0 Å². The van der Waals surface area contributed by atoms with Gasteiger partial charge in [0.05, 0.1) is 26.3 Å². The van der Waals surface area contributed by atoms with Gasteiger partial charge in [-0.25, -0.2) is 0 Å². The minimum atomic E-state index is 0.960. The Labute approximate surface area is 63.4 Å². The van der Waals surface area contributed by atoms with Crippen LogP contribution in [-0.2, 0) is 4.74 Å². The fourth-order valence-corrected chi connectivity index (χ4v) is 1.59. The molecule has 1 saturated heterocycles. The summed E-state index contributed by atoms with van der Waals surface area (Å²) in [5.74, 6) is 0. The minimum Gasteiger partial charge on any atom is -0.370 e. The van der Waals surface area contributed by atoms with Gasteiger partial charge < -0.3 is 9.22 Å². The van der Waals surface area contributed by atoms with Crippen LogP contribution in [0, 0.1) is 0 Å². The second kappa shape index (κ2) is 3.35. The molecule has 0 saturated carbocycles. The molecular formula is C8H18NO+. The zero-order chi connectivity index (χ0) is 7.45. The molecule has 0 radical (unpaired) electrons. The van der Waals surface area contributed by atoms with E-state index in [4.69, 9.17) is 4.74 Å². The van der Waals surface area contributed by atoms with E-state index in [1.54, 1.807) is 0 Å². The maximum atomic E-state index is 5.31. The first-order chi connectivity index (χ1) is 4.83. The van der Waals surface area contributed by atoms with Crippen molar-refractivity contribution >= 4 is 0 Å². The van der Waals surface area contributed by atoms with Gasteiger partial charge in [0.15, 0.2) is 0 Å². The standard InChI is InChI=1S/C8H18NO/c1-3-9(4-2)5-7-10-8-6-9/h3-8H2,1-2H3/q+1. The molecule has 0 unspecified atom stereocenters. The summed E-state index contributed by atoms with van der Waals surface area (Å²) in [5.41, 5.74) is 0. The lowest BCUT2D eigenvalue weighted by atomic mass is 10.3. The zero-order valence-corrected chi connectivity index (χ0v) is 7.10. The molecule has 0 aliphatic carbocycles. The van der Waals surface area contributed by atoms with Gasteiger partial charge in [-0.2, -0.15) is 0 Å². The van der Waals surface area contributed by atoms with Crippen LogP contribution in [0.5, 0.6) is 0 Å². The van der Waals surface area contributed by atoms with Crippen molar-refractivity contribution in [3.63, 3.8) is 0 Å². The predicted molar refractivity (Wildman–Crippen MR) is 41.9 cm³/mol. The minimum absolute atomic E-state index is 0.960. The molecule has 0 N–H and O–H groups in total. The van der Waals surface area contributed by atoms with Gasteiger partial charge in [-0.15, -0.1) is 0 Å². The monoisotopic (exact) mass is 144 g/mol. The van der Waals surface area contributed by atoms with E-state index in [0.29, 0.717) is 0 Å². The van der Waals surface area contributed by atoms with E-state index in [1.165, 1.54) is 30.7 Å². The number of quaternary nitrogens is 1. The summed E-state index contributed by atoms with van der Waals surface area (Å²) in [6.07, 6.45) is 0. The van der Waals surface area contributed by atoms with Crippen LogP contribution in [-0.4, -0.2) is 43.9 Å². The van der Waals surface area contributed by atoms with Crippen molar-refractivity contribution in [1.82, 2.24) is 0 Å². The highest BCUT2D eigenvalue weighted by Gasteiger charge is 2.25. The number of nitrogens with zero attached hydrogens (tertiary/aromatic N) is 1. The number of hydrogen-bond donors (Lipinski definition) is 0. The molecule has 1 fully saturated rings. The SMILES string of the molecule is CC[N+]1(CC)CCOCC1. The van der Waals surface area contributed by atoms with E-state index in [0.717, 1.165) is 13.2 Å². The quantitative estimate of drug-likeness (QED) is 0.523. The smallest absolute Gasteiger partial charge is 0.102 e. The first kappa shape index (κ1) is 8.02. The normalized spacial score (nSPS) is 24.6. The van der Waals surface area contributed by atoms with Crippen molar-refractivity contribution in [2.24, 2.45) is 0 Å². The summed E-state index contributed by atoms with van der Waals surface area (Å²) in [5, 5.41) is 0. The van der Waals surface area contributed by atoms with Crippen LogP contribution in [0.25, 0.3) is 0 Å². The molecule has 1 rings (SSSR count). The fourth-order valence-electron chi connectivity index (χ4n) is 1.59. The van der Waals surface area contributed by atoms with Gasteiger partial charge in [-0.3, -0.25) is 0 Å². The third kappa shape index (κ3) is 1.50. The van der Waals surface area contributed by atoms with Gasteiger partial charge in [0.25, 0.3) is 0 Å². The zero-order valence-electron chi connectivity index (χ0n) is 7.10. The van der Waals surface area contributed by atoms with Crippen LogP contribution in [0.3, 0.4) is 0 Å². The molecule has 2 nitrogen and oxygen atoms in total. The second-order valence-corrected chi connectivity index (χ2v) is 3.03. The maximum absolute atomic E-state index is 5.31. The highest BCUT2D eigenvalue weighted by atomic mass is 16.5. The Kier molecular flexibility index (Phi) is 2.69. The largest absolute Gasteiger partial charge is 0.370 e. The summed E-state index contributed by atoms with van der Waals surface area (Å²) in [4.78, 5) is 0. The Morgan fingerprint density at radius 2 is 1.60 bits per heavy atom. The average molecular weight is 144 g/mol. The van der Waals surface area contributed by atoms with E-state index in [2.05, 4.69) is 13.8 Å². The maximum Gasteiger partial charge on any atom is 0.102 e. The third-order valence-corrected chi connectivity index (χ3v) is 2.76. The van der Waals surface area contributed by atoms with E-state index in [-0.39, 0.29) is 0 Å². The molecule has 0 aromatic carbocycles. The first-order valence-electron chi connectivity index (χ1n) is 4.26. The number of morpholine rings is 1. The summed E-state index contributed by atoms with van der Waals surface area (Å²) < 4.78 is 6.58. The first-order valence-corrected chi connectivity index (χ1v) is 4.26. The Morgan fingerprint density at radius 3 is 1.90 bits per heavy atom. The number of rotatable bonds is 2. The highest BCUT2D eigenvalue weighted by molar-refractivity contribution is 4.46. The number of ether oxygens (including phenoxy) is 1. The van der Waals surface area contributed by atoms with Gasteiger partial charge in [-0.1, -0.05) is 0 Å². The Balaban J connectivity index is 2.44. The molecule has 1 aliphatic rings. The molecular weight excluding hydrogens is 126 g/mol. The van der Waals surface area contributed by atoms with Crippen LogP contribution in [0.2, 0.25) is 0 Å². The van der Waals surface area contributed by atoms with Crippen LogP contribution >= 0.6 is 0 Å². The van der Waals surface area contributed by atoms with Crippen LogP contribution in [0.15, 0.2) is 0 Å². The van der Waals surface area contributed by atoms with Crippen LogP contribution < -0.4 is 0 Å². The van der Waals surface area contributed by atoms with Crippen molar-refractivity contribution in [2.75, 3.05) is 39.4 Å². The molecule has 0 aromatic heterocycles. The Hall–Kier alpha value is -0.0800. The molecule has 1 heterocycles. The summed E-state index contributed by atoms with van der Waals surface area (Å²) in [6.45, 7) is 11.4. The fraction of sp³-hybridized carbons (Fsp3) is 1.00. The Bertz CT molecular complexity index is 91.4. The number of hydrogen-bond acceptors (Lipinski definition) is 1. The summed E-state index contributed by atoms with van der Waals surface area (Å²) in [7, 11) is 0. The number of likely N-dealkylation sites (N-methyl/N-ethyl adjacent to an activating group) is 1. The van der Waals surface area contributed by atoms with Crippen molar-refractivity contribution in [3.8, 4) is 0 Å². The topological polar surface area (TPSA) is 9.23 Å². The van der Waals surface area contributed by atoms with Crippen molar-refractivity contribution < 1.29 is 9.22 Å². The molecule has 60 valence electrons. The Morgan fingerprint density at radius 1 is 1.10 bits per heavy atom. The van der Waals surface area contributed by atoms with Gasteiger partial charge >= 0.3 is 0 Å². The average Bonchev–Trinajstić information content (AvgIpc) is 2.06. The molecule has 0 spiro atoms. The lowest BCUT2D eigenvalue weighted by molar-refractivity contribution is -0.931. The summed E-state index contributed by atoms with van der Waals surface area (Å²) in [6, 6.07) is 0. The van der Waals surface area contributed by atoms with Crippen LogP contribution in [0.1, 0.15) is 13.8 Å². The van der Waals surface area contributed by atoms with Gasteiger partial charge in [0, 0.05) is 0 Å². The van der Waals surface area contributed by atoms with E-state index < -0.39 is 0 Å². The lowest BCUT2D eigenvalue weighted by Gasteiger charge is -2.39.